The molecular formula is C11H18N2O3. The highest BCUT2D eigenvalue weighted by Gasteiger charge is 2.15. The molecular weight excluding hydrogens is 208 g/mol. The number of urea groups is 1. The Labute approximate surface area is 95.6 Å². The summed E-state index contributed by atoms with van der Waals surface area (Å²) in [5.41, 5.74) is 0. The number of carboxylic acid groups (broad SMARTS) is 1. The van der Waals surface area contributed by atoms with Crippen molar-refractivity contribution < 1.29 is 14.7 Å². The zero-order chi connectivity index (χ0) is 12.6. The fraction of sp³-hybridized carbons (Fsp3) is 0.455. The Hall–Kier alpha value is -1.78. The molecule has 5 nitrogen and oxygen atoms in total. The predicted octanol–water partition coefficient (Wildman–Crippen LogP) is 1.19. The van der Waals surface area contributed by atoms with E-state index in [2.05, 4.69) is 13.2 Å². The van der Waals surface area contributed by atoms with Crippen LogP contribution >= 0.6 is 0 Å². The molecule has 0 atom stereocenters. The van der Waals surface area contributed by atoms with Gasteiger partial charge in [-0.25, -0.2) is 4.79 Å². The fourth-order valence-corrected chi connectivity index (χ4v) is 1.14. The third kappa shape index (κ3) is 5.19. The van der Waals surface area contributed by atoms with Gasteiger partial charge in [0.15, 0.2) is 0 Å². The van der Waals surface area contributed by atoms with Crippen LogP contribution in [0.4, 0.5) is 4.79 Å². The maximum absolute atomic E-state index is 11.8. The SMILES string of the molecule is C=CCN(CC=C)C(=O)N(C)CCC(=O)O. The quantitative estimate of drug-likeness (QED) is 0.663. The average Bonchev–Trinajstić information content (AvgIpc) is 2.24. The third-order valence-corrected chi connectivity index (χ3v) is 1.96. The molecule has 0 heterocycles. The highest BCUT2D eigenvalue weighted by atomic mass is 16.4. The van der Waals surface area contributed by atoms with Crippen LogP contribution in [-0.4, -0.2) is 53.6 Å². The summed E-state index contributed by atoms with van der Waals surface area (Å²) in [5.74, 6) is -0.918. The monoisotopic (exact) mass is 226 g/mol. The van der Waals surface area contributed by atoms with Crippen LogP contribution in [0.2, 0.25) is 0 Å². The van der Waals surface area contributed by atoms with Crippen LogP contribution in [0.5, 0.6) is 0 Å². The molecule has 0 aromatic carbocycles. The number of amides is 2. The summed E-state index contributed by atoms with van der Waals surface area (Å²) < 4.78 is 0. The van der Waals surface area contributed by atoms with Crippen LogP contribution < -0.4 is 0 Å². The molecule has 0 aliphatic carbocycles. The number of hydrogen-bond donors (Lipinski definition) is 1. The molecule has 0 rings (SSSR count). The van der Waals surface area contributed by atoms with Crippen LogP contribution in [0.1, 0.15) is 6.42 Å². The molecule has 0 radical (unpaired) electrons. The number of carbonyl (C=O) groups is 2. The van der Waals surface area contributed by atoms with E-state index in [9.17, 15) is 9.59 Å². The van der Waals surface area contributed by atoms with Crippen molar-refractivity contribution in [3.63, 3.8) is 0 Å². The van der Waals surface area contributed by atoms with Gasteiger partial charge in [0, 0.05) is 26.7 Å². The highest BCUT2D eigenvalue weighted by molar-refractivity contribution is 5.75. The van der Waals surface area contributed by atoms with E-state index < -0.39 is 5.97 Å². The van der Waals surface area contributed by atoms with Crippen molar-refractivity contribution in [3.05, 3.63) is 25.3 Å². The minimum absolute atomic E-state index is 0.0573. The van der Waals surface area contributed by atoms with Crippen LogP contribution in [0, 0.1) is 0 Å². The van der Waals surface area contributed by atoms with Crippen LogP contribution in [0.3, 0.4) is 0 Å². The summed E-state index contributed by atoms with van der Waals surface area (Å²) in [6, 6.07) is -0.221. The van der Waals surface area contributed by atoms with Gasteiger partial charge in [0.1, 0.15) is 0 Å². The lowest BCUT2D eigenvalue weighted by Gasteiger charge is -2.25. The number of nitrogens with zero attached hydrogens (tertiary/aromatic N) is 2. The highest BCUT2D eigenvalue weighted by Crippen LogP contribution is 1.99. The molecule has 0 saturated carbocycles. The maximum atomic E-state index is 11.8. The van der Waals surface area contributed by atoms with Gasteiger partial charge in [-0.1, -0.05) is 12.2 Å². The van der Waals surface area contributed by atoms with Crippen LogP contribution in [0.15, 0.2) is 25.3 Å². The van der Waals surface area contributed by atoms with Gasteiger partial charge in [0.2, 0.25) is 0 Å². The van der Waals surface area contributed by atoms with Crippen LogP contribution in [0.25, 0.3) is 0 Å². The van der Waals surface area contributed by atoms with Gasteiger partial charge >= 0.3 is 12.0 Å². The van der Waals surface area contributed by atoms with Gasteiger partial charge in [-0.3, -0.25) is 4.79 Å². The second-order valence-electron chi connectivity index (χ2n) is 3.33. The van der Waals surface area contributed by atoms with E-state index in [1.54, 1.807) is 19.2 Å². The predicted molar refractivity (Wildman–Crippen MR) is 62.2 cm³/mol. The number of carbonyl (C=O) groups excluding carboxylic acids is 1. The molecule has 0 unspecified atom stereocenters. The smallest absolute Gasteiger partial charge is 0.320 e. The number of hydrogen-bond acceptors (Lipinski definition) is 2. The number of aliphatic carboxylic acids is 1. The normalized spacial score (nSPS) is 9.31. The number of carboxylic acids is 1. The van der Waals surface area contributed by atoms with Gasteiger partial charge in [-0.05, 0) is 0 Å². The third-order valence-electron chi connectivity index (χ3n) is 1.96. The minimum atomic E-state index is -0.918. The second-order valence-corrected chi connectivity index (χ2v) is 3.33. The van der Waals surface area contributed by atoms with Gasteiger partial charge in [0.25, 0.3) is 0 Å². The molecule has 16 heavy (non-hydrogen) atoms. The second kappa shape index (κ2) is 7.50. The molecule has 0 bridgehead atoms. The van der Waals surface area contributed by atoms with Crippen molar-refractivity contribution in [2.75, 3.05) is 26.7 Å². The van der Waals surface area contributed by atoms with Crippen molar-refractivity contribution in [2.24, 2.45) is 0 Å². The van der Waals surface area contributed by atoms with E-state index in [1.165, 1.54) is 9.80 Å². The molecule has 1 N–H and O–H groups in total. The molecule has 0 aliphatic heterocycles. The Balaban J connectivity index is 4.29. The Morgan fingerprint density at radius 2 is 1.75 bits per heavy atom. The fourth-order valence-electron chi connectivity index (χ4n) is 1.14. The first-order valence-electron chi connectivity index (χ1n) is 4.96. The molecule has 0 spiro atoms. The first kappa shape index (κ1) is 14.2. The Bertz CT molecular complexity index is 266. The lowest BCUT2D eigenvalue weighted by Crippen LogP contribution is -2.42. The molecule has 0 aliphatic rings. The summed E-state index contributed by atoms with van der Waals surface area (Å²) in [4.78, 5) is 25.1. The largest absolute Gasteiger partial charge is 0.481 e. The van der Waals surface area contributed by atoms with E-state index in [-0.39, 0.29) is 19.0 Å². The molecule has 0 saturated heterocycles. The molecule has 90 valence electrons. The molecule has 0 aromatic heterocycles. The van der Waals surface area contributed by atoms with Crippen LogP contribution in [-0.2, 0) is 4.79 Å². The van der Waals surface area contributed by atoms with Crippen molar-refractivity contribution in [1.82, 2.24) is 9.80 Å². The first-order chi connectivity index (χ1) is 7.52. The summed E-state index contributed by atoms with van der Waals surface area (Å²) in [6.07, 6.45) is 3.18. The first-order valence-corrected chi connectivity index (χ1v) is 4.96. The van der Waals surface area contributed by atoms with Gasteiger partial charge in [-0.15, -0.1) is 13.2 Å². The summed E-state index contributed by atoms with van der Waals surface area (Å²) in [7, 11) is 1.57. The van der Waals surface area contributed by atoms with Gasteiger partial charge in [-0.2, -0.15) is 0 Å². The van der Waals surface area contributed by atoms with Crippen molar-refractivity contribution in [2.45, 2.75) is 6.42 Å². The Kier molecular flexibility index (Phi) is 6.67. The summed E-state index contributed by atoms with van der Waals surface area (Å²) >= 11 is 0. The van der Waals surface area contributed by atoms with E-state index in [0.29, 0.717) is 13.1 Å². The standard InChI is InChI=1S/C11H18N2O3/c1-4-7-13(8-5-2)11(16)12(3)9-6-10(14)15/h4-5H,1-2,6-9H2,3H3,(H,14,15). The summed E-state index contributed by atoms with van der Waals surface area (Å²) in [6.45, 7) is 8.15. The average molecular weight is 226 g/mol. The number of rotatable bonds is 7. The molecule has 0 fully saturated rings. The Morgan fingerprint density at radius 3 is 2.12 bits per heavy atom. The summed E-state index contributed by atoms with van der Waals surface area (Å²) in [5, 5.41) is 8.51. The van der Waals surface area contributed by atoms with Crippen molar-refractivity contribution >= 4 is 12.0 Å². The van der Waals surface area contributed by atoms with Gasteiger partial charge in [0.05, 0.1) is 6.42 Å². The Morgan fingerprint density at radius 1 is 1.25 bits per heavy atom. The minimum Gasteiger partial charge on any atom is -0.481 e. The van der Waals surface area contributed by atoms with Crippen molar-refractivity contribution in [1.29, 1.82) is 0 Å². The topological polar surface area (TPSA) is 60.9 Å². The van der Waals surface area contributed by atoms with E-state index in [4.69, 9.17) is 5.11 Å². The zero-order valence-electron chi connectivity index (χ0n) is 9.56. The molecule has 2 amide bonds. The molecule has 5 heteroatoms. The maximum Gasteiger partial charge on any atom is 0.320 e. The molecule has 0 aromatic rings. The van der Waals surface area contributed by atoms with E-state index in [0.717, 1.165) is 0 Å². The van der Waals surface area contributed by atoms with Crippen molar-refractivity contribution in [3.8, 4) is 0 Å². The lowest BCUT2D eigenvalue weighted by atomic mass is 10.4. The van der Waals surface area contributed by atoms with E-state index >= 15 is 0 Å². The van der Waals surface area contributed by atoms with Gasteiger partial charge < -0.3 is 14.9 Å². The zero-order valence-corrected chi connectivity index (χ0v) is 9.56. The van der Waals surface area contributed by atoms with E-state index in [1.807, 2.05) is 0 Å². The lowest BCUT2D eigenvalue weighted by molar-refractivity contribution is -0.137.